The summed E-state index contributed by atoms with van der Waals surface area (Å²) in [5.74, 6) is -0.0670. The lowest BCUT2D eigenvalue weighted by atomic mass is 10.0. The molecule has 6 heteroatoms. The van der Waals surface area contributed by atoms with Gasteiger partial charge in [-0.25, -0.2) is 9.48 Å². The third kappa shape index (κ3) is 4.03. The molecule has 6 nitrogen and oxygen atoms in total. The first-order chi connectivity index (χ1) is 14.0. The van der Waals surface area contributed by atoms with Gasteiger partial charge in [-0.05, 0) is 55.8 Å². The van der Waals surface area contributed by atoms with Crippen molar-refractivity contribution in [2.75, 3.05) is 20.7 Å². The lowest BCUT2D eigenvalue weighted by molar-refractivity contribution is 0.0697. The van der Waals surface area contributed by atoms with Crippen molar-refractivity contribution in [3.63, 3.8) is 0 Å². The molecule has 2 aromatic carbocycles. The fraction of sp³-hybridized carbons (Fsp3) is 0.304. The molecule has 0 aliphatic carbocycles. The predicted octanol–water partition coefficient (Wildman–Crippen LogP) is 3.35. The van der Waals surface area contributed by atoms with Crippen LogP contribution >= 0.6 is 0 Å². The van der Waals surface area contributed by atoms with E-state index in [2.05, 4.69) is 24.1 Å². The van der Waals surface area contributed by atoms with Crippen molar-refractivity contribution in [1.29, 1.82) is 0 Å². The molecule has 0 amide bonds. The van der Waals surface area contributed by atoms with Gasteiger partial charge in [0.1, 0.15) is 5.75 Å². The summed E-state index contributed by atoms with van der Waals surface area (Å²) in [5, 5.41) is 14.3. The van der Waals surface area contributed by atoms with Gasteiger partial charge in [0.15, 0.2) is 0 Å². The Kier molecular flexibility index (Phi) is 5.36. The molecule has 0 saturated heterocycles. The summed E-state index contributed by atoms with van der Waals surface area (Å²) < 4.78 is 7.18. The van der Waals surface area contributed by atoms with E-state index in [0.717, 1.165) is 49.5 Å². The number of likely N-dealkylation sites (N-methyl/N-ethyl adjacent to an activating group) is 1. The summed E-state index contributed by atoms with van der Waals surface area (Å²) in [6.07, 6.45) is 2.64. The number of nitrogens with zero attached hydrogens (tertiary/aromatic N) is 3. The number of ether oxygens (including phenoxy) is 1. The molecule has 29 heavy (non-hydrogen) atoms. The molecule has 150 valence electrons. The molecule has 0 bridgehead atoms. The molecule has 1 aromatic heterocycles. The van der Waals surface area contributed by atoms with Crippen molar-refractivity contribution < 1.29 is 14.6 Å². The van der Waals surface area contributed by atoms with Gasteiger partial charge in [0, 0.05) is 25.1 Å². The van der Waals surface area contributed by atoms with E-state index in [1.165, 1.54) is 16.8 Å². The lowest BCUT2D eigenvalue weighted by Gasteiger charge is -2.23. The number of carbonyl (C=O) groups is 1. The van der Waals surface area contributed by atoms with Gasteiger partial charge in [0.2, 0.25) is 0 Å². The molecule has 0 radical (unpaired) electrons. The molecule has 2 heterocycles. The zero-order valence-electron chi connectivity index (χ0n) is 16.8. The van der Waals surface area contributed by atoms with Crippen LogP contribution in [0.25, 0.3) is 5.69 Å². The van der Waals surface area contributed by atoms with Crippen LogP contribution < -0.4 is 4.74 Å². The summed E-state index contributed by atoms with van der Waals surface area (Å²) >= 11 is 0. The summed E-state index contributed by atoms with van der Waals surface area (Å²) in [6.45, 7) is 1.83. The number of carboxylic acids is 1. The highest BCUT2D eigenvalue weighted by molar-refractivity contribution is 5.88. The highest BCUT2D eigenvalue weighted by Gasteiger charge is 2.24. The minimum absolute atomic E-state index is 0.277. The first-order valence-corrected chi connectivity index (χ1v) is 9.80. The minimum Gasteiger partial charge on any atom is -0.497 e. The number of methoxy groups -OCH3 is 1. The van der Waals surface area contributed by atoms with Gasteiger partial charge in [-0.15, -0.1) is 0 Å². The number of hydrogen-bond donors (Lipinski definition) is 1. The summed E-state index contributed by atoms with van der Waals surface area (Å²) in [6, 6.07) is 15.1. The van der Waals surface area contributed by atoms with Gasteiger partial charge in [-0.1, -0.05) is 18.2 Å². The minimum atomic E-state index is -0.924. The molecule has 1 N–H and O–H groups in total. The number of aromatic carboxylic acids is 1. The summed E-state index contributed by atoms with van der Waals surface area (Å²) in [7, 11) is 3.79. The predicted molar refractivity (Wildman–Crippen MR) is 111 cm³/mol. The largest absolute Gasteiger partial charge is 0.497 e. The van der Waals surface area contributed by atoms with Crippen LogP contribution in [0.15, 0.2) is 48.5 Å². The molecule has 0 unspecified atom stereocenters. The van der Waals surface area contributed by atoms with E-state index in [1.807, 2.05) is 22.9 Å². The van der Waals surface area contributed by atoms with Gasteiger partial charge in [-0.3, -0.25) is 0 Å². The third-order valence-corrected chi connectivity index (χ3v) is 5.48. The number of fused-ring (bicyclic) bond motifs is 1. The molecule has 0 spiro atoms. The van der Waals surface area contributed by atoms with Crippen LogP contribution in [0.2, 0.25) is 0 Å². The van der Waals surface area contributed by atoms with Gasteiger partial charge >= 0.3 is 5.97 Å². The van der Waals surface area contributed by atoms with Gasteiger partial charge in [0.05, 0.1) is 29.7 Å². The Morgan fingerprint density at radius 2 is 1.97 bits per heavy atom. The van der Waals surface area contributed by atoms with E-state index >= 15 is 0 Å². The van der Waals surface area contributed by atoms with Gasteiger partial charge < -0.3 is 14.7 Å². The molecule has 3 aromatic rings. The Hall–Kier alpha value is -3.12. The molecule has 1 aliphatic rings. The van der Waals surface area contributed by atoms with Crippen molar-refractivity contribution in [3.8, 4) is 11.4 Å². The van der Waals surface area contributed by atoms with Crippen LogP contribution in [0.4, 0.5) is 0 Å². The van der Waals surface area contributed by atoms with Crippen molar-refractivity contribution in [3.05, 3.63) is 76.6 Å². The Bertz CT molecular complexity index is 1020. The number of aryl methyl sites for hydroxylation is 2. The Morgan fingerprint density at radius 3 is 2.69 bits per heavy atom. The monoisotopic (exact) mass is 391 g/mol. The maximum atomic E-state index is 11.4. The zero-order chi connectivity index (χ0) is 20.4. The van der Waals surface area contributed by atoms with Crippen molar-refractivity contribution in [2.45, 2.75) is 25.8 Å². The van der Waals surface area contributed by atoms with Gasteiger partial charge in [-0.2, -0.15) is 5.10 Å². The van der Waals surface area contributed by atoms with E-state index in [-0.39, 0.29) is 5.56 Å². The second-order valence-electron chi connectivity index (χ2n) is 7.48. The number of aromatic nitrogens is 2. The molecule has 1 aliphatic heterocycles. The molecule has 0 fully saturated rings. The normalized spacial score (nSPS) is 13.9. The first kappa shape index (κ1) is 19.2. The molecule has 0 saturated carbocycles. The highest BCUT2D eigenvalue weighted by atomic mass is 16.5. The quantitative estimate of drug-likeness (QED) is 0.698. The highest BCUT2D eigenvalue weighted by Crippen LogP contribution is 2.26. The van der Waals surface area contributed by atoms with E-state index in [1.54, 1.807) is 25.3 Å². The number of carboxylic acid groups (broad SMARTS) is 1. The number of rotatable bonds is 6. The van der Waals surface area contributed by atoms with E-state index < -0.39 is 5.97 Å². The number of hydrogen-bond acceptors (Lipinski definition) is 4. The van der Waals surface area contributed by atoms with Crippen LogP contribution in [0.5, 0.6) is 5.75 Å². The SMILES string of the molecule is COc1ccc(CCc2nn(-c3cccc(C(=O)O)c3)c3c2CN(C)CC3)cc1. The Balaban J connectivity index is 1.65. The summed E-state index contributed by atoms with van der Waals surface area (Å²) in [4.78, 5) is 13.7. The molecular weight excluding hydrogens is 366 g/mol. The fourth-order valence-electron chi connectivity index (χ4n) is 3.86. The maximum Gasteiger partial charge on any atom is 0.335 e. The second kappa shape index (κ2) is 8.09. The van der Waals surface area contributed by atoms with Crippen molar-refractivity contribution >= 4 is 5.97 Å². The van der Waals surface area contributed by atoms with Gasteiger partial charge in [0.25, 0.3) is 0 Å². The maximum absolute atomic E-state index is 11.4. The van der Waals surface area contributed by atoms with Crippen LogP contribution in [0, 0.1) is 0 Å². The number of benzene rings is 2. The standard InChI is InChI=1S/C23H25N3O3/c1-25-13-12-22-20(15-25)21(11-8-16-6-9-19(29-2)10-7-16)24-26(22)18-5-3-4-17(14-18)23(27)28/h3-7,9-10,14H,8,11-13,15H2,1-2H3,(H,27,28). The molecular formula is C23H25N3O3. The van der Waals surface area contributed by atoms with Crippen LogP contribution in [-0.4, -0.2) is 46.5 Å². The van der Waals surface area contributed by atoms with E-state index in [0.29, 0.717) is 0 Å². The van der Waals surface area contributed by atoms with E-state index in [9.17, 15) is 9.90 Å². The average Bonchev–Trinajstić information content (AvgIpc) is 3.10. The lowest BCUT2D eigenvalue weighted by Crippen LogP contribution is -2.27. The van der Waals surface area contributed by atoms with Crippen LogP contribution in [-0.2, 0) is 25.8 Å². The second-order valence-corrected chi connectivity index (χ2v) is 7.48. The first-order valence-electron chi connectivity index (χ1n) is 9.80. The summed E-state index contributed by atoms with van der Waals surface area (Å²) in [5.41, 5.74) is 5.87. The Morgan fingerprint density at radius 1 is 1.17 bits per heavy atom. The Labute approximate surface area is 170 Å². The van der Waals surface area contributed by atoms with Crippen LogP contribution in [0.1, 0.15) is 32.9 Å². The smallest absolute Gasteiger partial charge is 0.335 e. The molecule has 0 atom stereocenters. The van der Waals surface area contributed by atoms with Crippen LogP contribution in [0.3, 0.4) is 0 Å². The average molecular weight is 391 g/mol. The zero-order valence-corrected chi connectivity index (χ0v) is 16.8. The van der Waals surface area contributed by atoms with Crippen molar-refractivity contribution in [2.24, 2.45) is 0 Å². The van der Waals surface area contributed by atoms with E-state index in [4.69, 9.17) is 9.84 Å². The molecule has 4 rings (SSSR count). The topological polar surface area (TPSA) is 67.6 Å². The fourth-order valence-corrected chi connectivity index (χ4v) is 3.86. The third-order valence-electron chi connectivity index (χ3n) is 5.48. The van der Waals surface area contributed by atoms with Crippen molar-refractivity contribution in [1.82, 2.24) is 14.7 Å².